The predicted octanol–water partition coefficient (Wildman–Crippen LogP) is 2.77. The predicted molar refractivity (Wildman–Crippen MR) is 47.6 cm³/mol. The summed E-state index contributed by atoms with van der Waals surface area (Å²) in [6.07, 6.45) is 1.48. The Morgan fingerprint density at radius 1 is 1.45 bits per heavy atom. The Balaban J connectivity index is 2.80. The molecule has 1 rings (SSSR count). The first kappa shape index (κ1) is 8.79. The second kappa shape index (κ2) is 3.40. The molecule has 0 aromatic carbocycles. The lowest BCUT2D eigenvalue weighted by atomic mass is 9.91. The van der Waals surface area contributed by atoms with Crippen molar-refractivity contribution in [2.45, 2.75) is 40.2 Å². The van der Waals surface area contributed by atoms with Crippen molar-refractivity contribution in [2.24, 2.45) is 5.92 Å². The van der Waals surface area contributed by atoms with E-state index in [1.165, 1.54) is 5.57 Å². The van der Waals surface area contributed by atoms with Crippen LogP contribution in [0.25, 0.3) is 0 Å². The van der Waals surface area contributed by atoms with Crippen LogP contribution >= 0.6 is 0 Å². The maximum atomic E-state index is 5.51. The summed E-state index contributed by atoms with van der Waals surface area (Å²) in [5.41, 5.74) is 3.05. The molecule has 0 aromatic heterocycles. The van der Waals surface area contributed by atoms with Gasteiger partial charge in [-0.3, -0.25) is 0 Å². The molecule has 1 heteroatoms. The Morgan fingerprint density at radius 3 is 2.55 bits per heavy atom. The van der Waals surface area contributed by atoms with Gasteiger partial charge in [0.2, 0.25) is 0 Å². The van der Waals surface area contributed by atoms with Crippen molar-refractivity contribution in [3.63, 3.8) is 0 Å². The number of ether oxygens (including phenoxy) is 1. The standard InChI is InChI=1S/C10H18O/c1-7(2)10-5-6-11-9(4)8(10)3/h7,9H,5-6H2,1-4H3/t9-/m1/s1. The Hall–Kier alpha value is -0.300. The van der Waals surface area contributed by atoms with Gasteiger partial charge in [-0.2, -0.15) is 0 Å². The molecule has 0 saturated carbocycles. The summed E-state index contributed by atoms with van der Waals surface area (Å²) in [5, 5.41) is 0. The molecule has 0 amide bonds. The number of hydrogen-bond donors (Lipinski definition) is 0. The first-order valence-corrected chi connectivity index (χ1v) is 4.44. The Kier molecular flexibility index (Phi) is 2.72. The van der Waals surface area contributed by atoms with Crippen LogP contribution in [0.5, 0.6) is 0 Å². The van der Waals surface area contributed by atoms with Crippen LogP contribution in [0.2, 0.25) is 0 Å². The highest BCUT2D eigenvalue weighted by molar-refractivity contribution is 5.19. The third kappa shape index (κ3) is 1.84. The summed E-state index contributed by atoms with van der Waals surface area (Å²) in [6.45, 7) is 9.76. The smallest absolute Gasteiger partial charge is 0.0757 e. The van der Waals surface area contributed by atoms with E-state index in [-0.39, 0.29) is 0 Å². The highest BCUT2D eigenvalue weighted by Crippen LogP contribution is 2.26. The lowest BCUT2D eigenvalue weighted by Crippen LogP contribution is -2.20. The summed E-state index contributed by atoms with van der Waals surface area (Å²) >= 11 is 0. The zero-order valence-corrected chi connectivity index (χ0v) is 7.98. The van der Waals surface area contributed by atoms with Crippen molar-refractivity contribution >= 4 is 0 Å². The Labute approximate surface area is 69.4 Å². The molecule has 1 aliphatic heterocycles. The van der Waals surface area contributed by atoms with Crippen LogP contribution in [0, 0.1) is 5.92 Å². The molecule has 0 unspecified atom stereocenters. The SMILES string of the molecule is CC1=C(C(C)C)CCO[C@@H]1C. The second-order valence-corrected chi connectivity index (χ2v) is 3.63. The quantitative estimate of drug-likeness (QED) is 0.528. The summed E-state index contributed by atoms with van der Waals surface area (Å²) in [6, 6.07) is 0. The molecule has 0 aliphatic carbocycles. The van der Waals surface area contributed by atoms with E-state index in [1.807, 2.05) is 0 Å². The van der Waals surface area contributed by atoms with Gasteiger partial charge in [-0.15, -0.1) is 0 Å². The van der Waals surface area contributed by atoms with E-state index in [4.69, 9.17) is 4.74 Å². The lowest BCUT2D eigenvalue weighted by Gasteiger charge is -2.26. The first-order chi connectivity index (χ1) is 5.13. The molecule has 0 bridgehead atoms. The van der Waals surface area contributed by atoms with Crippen LogP contribution in [0.3, 0.4) is 0 Å². The largest absolute Gasteiger partial charge is 0.374 e. The molecule has 1 aliphatic rings. The van der Waals surface area contributed by atoms with Crippen LogP contribution in [-0.2, 0) is 4.74 Å². The first-order valence-electron chi connectivity index (χ1n) is 4.44. The van der Waals surface area contributed by atoms with Crippen LogP contribution < -0.4 is 0 Å². The minimum atomic E-state index is 0.348. The van der Waals surface area contributed by atoms with Gasteiger partial charge in [0.15, 0.2) is 0 Å². The van der Waals surface area contributed by atoms with Gasteiger partial charge in [0.25, 0.3) is 0 Å². The maximum Gasteiger partial charge on any atom is 0.0757 e. The van der Waals surface area contributed by atoms with E-state index in [0.717, 1.165) is 13.0 Å². The third-order valence-electron chi connectivity index (χ3n) is 2.55. The molecular weight excluding hydrogens is 136 g/mol. The molecule has 0 radical (unpaired) electrons. The highest BCUT2D eigenvalue weighted by atomic mass is 16.5. The normalized spacial score (nSPS) is 26.5. The minimum absolute atomic E-state index is 0.348. The summed E-state index contributed by atoms with van der Waals surface area (Å²) in [7, 11) is 0. The van der Waals surface area contributed by atoms with E-state index in [2.05, 4.69) is 27.7 Å². The van der Waals surface area contributed by atoms with Gasteiger partial charge in [0.05, 0.1) is 12.7 Å². The van der Waals surface area contributed by atoms with E-state index < -0.39 is 0 Å². The maximum absolute atomic E-state index is 5.51. The average molecular weight is 154 g/mol. The van der Waals surface area contributed by atoms with Crippen molar-refractivity contribution in [1.29, 1.82) is 0 Å². The second-order valence-electron chi connectivity index (χ2n) is 3.63. The van der Waals surface area contributed by atoms with Crippen molar-refractivity contribution < 1.29 is 4.74 Å². The topological polar surface area (TPSA) is 9.23 Å². The van der Waals surface area contributed by atoms with Gasteiger partial charge in [-0.25, -0.2) is 0 Å². The molecule has 11 heavy (non-hydrogen) atoms. The Bertz CT molecular complexity index is 168. The molecule has 0 saturated heterocycles. The van der Waals surface area contributed by atoms with E-state index >= 15 is 0 Å². The van der Waals surface area contributed by atoms with Gasteiger partial charge in [0, 0.05) is 0 Å². The number of rotatable bonds is 1. The zero-order chi connectivity index (χ0) is 8.43. The van der Waals surface area contributed by atoms with Crippen molar-refractivity contribution in [1.82, 2.24) is 0 Å². The third-order valence-corrected chi connectivity index (χ3v) is 2.55. The van der Waals surface area contributed by atoms with Gasteiger partial charge >= 0.3 is 0 Å². The molecule has 0 aromatic rings. The van der Waals surface area contributed by atoms with Gasteiger partial charge in [-0.1, -0.05) is 19.4 Å². The lowest BCUT2D eigenvalue weighted by molar-refractivity contribution is 0.0772. The van der Waals surface area contributed by atoms with Crippen LogP contribution in [0.15, 0.2) is 11.1 Å². The highest BCUT2D eigenvalue weighted by Gasteiger charge is 2.17. The summed E-state index contributed by atoms with van der Waals surface area (Å²) < 4.78 is 5.51. The molecule has 1 nitrogen and oxygen atoms in total. The fourth-order valence-electron chi connectivity index (χ4n) is 1.67. The van der Waals surface area contributed by atoms with Crippen LogP contribution in [-0.4, -0.2) is 12.7 Å². The van der Waals surface area contributed by atoms with Gasteiger partial charge < -0.3 is 4.74 Å². The monoisotopic (exact) mass is 154 g/mol. The molecule has 0 fully saturated rings. The average Bonchev–Trinajstić information content (AvgIpc) is 1.94. The van der Waals surface area contributed by atoms with Crippen LogP contribution in [0.4, 0.5) is 0 Å². The Morgan fingerprint density at radius 2 is 2.09 bits per heavy atom. The fourth-order valence-corrected chi connectivity index (χ4v) is 1.67. The van der Waals surface area contributed by atoms with Crippen LogP contribution in [0.1, 0.15) is 34.1 Å². The van der Waals surface area contributed by atoms with Gasteiger partial charge in [-0.05, 0) is 31.8 Å². The summed E-state index contributed by atoms with van der Waals surface area (Å²) in [5.74, 6) is 0.696. The molecule has 1 atom stereocenters. The molecule has 0 spiro atoms. The van der Waals surface area contributed by atoms with Gasteiger partial charge in [0.1, 0.15) is 0 Å². The minimum Gasteiger partial charge on any atom is -0.374 e. The molecule has 1 heterocycles. The molecule has 64 valence electrons. The summed E-state index contributed by atoms with van der Waals surface area (Å²) in [4.78, 5) is 0. The molecule has 0 N–H and O–H groups in total. The van der Waals surface area contributed by atoms with Crippen molar-refractivity contribution in [3.8, 4) is 0 Å². The van der Waals surface area contributed by atoms with E-state index in [1.54, 1.807) is 5.57 Å². The molecular formula is C10H18O. The van der Waals surface area contributed by atoms with Crippen molar-refractivity contribution in [3.05, 3.63) is 11.1 Å². The van der Waals surface area contributed by atoms with Crippen molar-refractivity contribution in [2.75, 3.05) is 6.61 Å². The van der Waals surface area contributed by atoms with E-state index in [9.17, 15) is 0 Å². The van der Waals surface area contributed by atoms with E-state index in [0.29, 0.717) is 12.0 Å². The zero-order valence-electron chi connectivity index (χ0n) is 7.98. The number of hydrogen-bond acceptors (Lipinski definition) is 1. The fraction of sp³-hybridized carbons (Fsp3) is 0.800.